The maximum absolute atomic E-state index is 5.74. The molecule has 0 bridgehead atoms. The highest BCUT2D eigenvalue weighted by molar-refractivity contribution is 5.36. The first-order valence-corrected chi connectivity index (χ1v) is 4.48. The summed E-state index contributed by atoms with van der Waals surface area (Å²) in [5.74, 6) is 0.728. The summed E-state index contributed by atoms with van der Waals surface area (Å²) >= 11 is 0. The van der Waals surface area contributed by atoms with E-state index in [4.69, 9.17) is 9.47 Å². The second-order valence-corrected chi connectivity index (χ2v) is 4.08. The fourth-order valence-electron chi connectivity index (χ4n) is 1.89. The van der Waals surface area contributed by atoms with Gasteiger partial charge in [0.2, 0.25) is 5.88 Å². The Kier molecular flexibility index (Phi) is 1.15. The molecule has 0 aliphatic carbocycles. The minimum absolute atomic E-state index is 0.212. The molecular formula is C10H11NO2. The van der Waals surface area contributed by atoms with E-state index in [1.54, 1.807) is 6.20 Å². The first-order chi connectivity index (χ1) is 6.18. The van der Waals surface area contributed by atoms with Gasteiger partial charge in [-0.3, -0.25) is 0 Å². The first kappa shape index (κ1) is 7.33. The van der Waals surface area contributed by atoms with Gasteiger partial charge in [-0.2, -0.15) is 0 Å². The van der Waals surface area contributed by atoms with Crippen molar-refractivity contribution in [2.45, 2.75) is 31.7 Å². The second kappa shape index (κ2) is 2.04. The Morgan fingerprint density at radius 2 is 2.31 bits per heavy atom. The van der Waals surface area contributed by atoms with Crippen molar-refractivity contribution in [3.63, 3.8) is 0 Å². The molecule has 2 atom stereocenters. The largest absolute Gasteiger partial charge is 0.468 e. The molecule has 0 N–H and O–H groups in total. The first-order valence-electron chi connectivity index (χ1n) is 4.48. The number of hydrogen-bond donors (Lipinski definition) is 0. The molecule has 0 radical (unpaired) electrons. The van der Waals surface area contributed by atoms with Crippen molar-refractivity contribution in [1.82, 2.24) is 4.98 Å². The molecule has 2 unspecified atom stereocenters. The average molecular weight is 177 g/mol. The van der Waals surface area contributed by atoms with Crippen LogP contribution in [0.5, 0.6) is 5.88 Å². The van der Waals surface area contributed by atoms with Gasteiger partial charge in [0.15, 0.2) is 0 Å². The van der Waals surface area contributed by atoms with Crippen LogP contribution in [-0.2, 0) is 4.74 Å². The van der Waals surface area contributed by atoms with Crippen LogP contribution in [0.3, 0.4) is 0 Å². The summed E-state index contributed by atoms with van der Waals surface area (Å²) in [5.41, 5.74) is 0.860. The van der Waals surface area contributed by atoms with Gasteiger partial charge < -0.3 is 9.47 Å². The number of aromatic nitrogens is 1. The van der Waals surface area contributed by atoms with Crippen LogP contribution in [0.4, 0.5) is 0 Å². The molecule has 1 saturated heterocycles. The van der Waals surface area contributed by atoms with E-state index >= 15 is 0 Å². The SMILES string of the molecule is CC1(C)Oc2ncccc2C2OC21. The monoisotopic (exact) mass is 177 g/mol. The fourth-order valence-corrected chi connectivity index (χ4v) is 1.89. The Morgan fingerprint density at radius 1 is 1.46 bits per heavy atom. The van der Waals surface area contributed by atoms with Crippen molar-refractivity contribution in [2.75, 3.05) is 0 Å². The van der Waals surface area contributed by atoms with E-state index < -0.39 is 0 Å². The normalized spacial score (nSPS) is 32.8. The Bertz CT molecular complexity index is 362. The number of nitrogens with zero attached hydrogens (tertiary/aromatic N) is 1. The molecule has 3 heterocycles. The third kappa shape index (κ3) is 0.907. The molecule has 3 heteroatoms. The Morgan fingerprint density at radius 3 is 3.15 bits per heavy atom. The molecule has 0 saturated carbocycles. The standard InChI is InChI=1S/C10H11NO2/c1-10(2)8-7(12-8)6-4-3-5-11-9(6)13-10/h3-5,7-8H,1-2H3. The zero-order chi connectivity index (χ0) is 9.05. The number of epoxide rings is 1. The zero-order valence-corrected chi connectivity index (χ0v) is 7.65. The molecular weight excluding hydrogens is 166 g/mol. The fraction of sp³-hybridized carbons (Fsp3) is 0.500. The zero-order valence-electron chi connectivity index (χ0n) is 7.65. The van der Waals surface area contributed by atoms with Gasteiger partial charge in [-0.1, -0.05) is 0 Å². The van der Waals surface area contributed by atoms with E-state index in [9.17, 15) is 0 Å². The molecule has 0 amide bonds. The van der Waals surface area contributed by atoms with Crippen LogP contribution >= 0.6 is 0 Å². The van der Waals surface area contributed by atoms with Crippen molar-refractivity contribution < 1.29 is 9.47 Å². The van der Waals surface area contributed by atoms with Crippen LogP contribution in [0.15, 0.2) is 18.3 Å². The lowest BCUT2D eigenvalue weighted by Crippen LogP contribution is -2.38. The highest BCUT2D eigenvalue weighted by Crippen LogP contribution is 2.52. The quantitative estimate of drug-likeness (QED) is 0.565. The van der Waals surface area contributed by atoms with Crippen LogP contribution in [0.25, 0.3) is 0 Å². The lowest BCUT2D eigenvalue weighted by molar-refractivity contribution is 0.0673. The maximum atomic E-state index is 5.74. The predicted molar refractivity (Wildman–Crippen MR) is 46.6 cm³/mol. The van der Waals surface area contributed by atoms with Gasteiger partial charge in [-0.15, -0.1) is 0 Å². The summed E-state index contributed by atoms with van der Waals surface area (Å²) in [4.78, 5) is 4.19. The van der Waals surface area contributed by atoms with Crippen molar-refractivity contribution in [3.8, 4) is 5.88 Å². The van der Waals surface area contributed by atoms with E-state index in [0.717, 1.165) is 11.4 Å². The van der Waals surface area contributed by atoms with Crippen LogP contribution in [0, 0.1) is 0 Å². The molecule has 1 aromatic rings. The summed E-state index contributed by atoms with van der Waals surface area (Å²) in [7, 11) is 0. The lowest BCUT2D eigenvalue weighted by Gasteiger charge is -2.28. The topological polar surface area (TPSA) is 34.6 Å². The van der Waals surface area contributed by atoms with Gasteiger partial charge in [-0.05, 0) is 26.0 Å². The van der Waals surface area contributed by atoms with Crippen LogP contribution in [-0.4, -0.2) is 16.7 Å². The lowest BCUT2D eigenvalue weighted by atomic mass is 9.96. The molecule has 1 aromatic heterocycles. The highest BCUT2D eigenvalue weighted by atomic mass is 16.6. The summed E-state index contributed by atoms with van der Waals surface area (Å²) in [6.07, 6.45) is 2.18. The van der Waals surface area contributed by atoms with Gasteiger partial charge in [0.25, 0.3) is 0 Å². The maximum Gasteiger partial charge on any atom is 0.219 e. The molecule has 68 valence electrons. The van der Waals surface area contributed by atoms with Gasteiger partial charge in [0.05, 0.1) is 0 Å². The number of fused-ring (bicyclic) bond motifs is 3. The number of hydrogen-bond acceptors (Lipinski definition) is 3. The van der Waals surface area contributed by atoms with Crippen LogP contribution < -0.4 is 4.74 Å². The minimum atomic E-state index is -0.230. The van der Waals surface area contributed by atoms with Crippen molar-refractivity contribution in [1.29, 1.82) is 0 Å². The predicted octanol–water partition coefficient (Wildman–Crippen LogP) is 1.69. The summed E-state index contributed by atoms with van der Waals surface area (Å²) < 4.78 is 11.3. The van der Waals surface area contributed by atoms with E-state index in [1.165, 1.54) is 0 Å². The molecule has 1 fully saturated rings. The molecule has 2 aliphatic heterocycles. The third-order valence-electron chi connectivity index (χ3n) is 2.64. The van der Waals surface area contributed by atoms with Crippen molar-refractivity contribution in [3.05, 3.63) is 23.9 Å². The van der Waals surface area contributed by atoms with E-state index in [1.807, 2.05) is 26.0 Å². The van der Waals surface area contributed by atoms with Gasteiger partial charge in [0, 0.05) is 11.8 Å². The highest BCUT2D eigenvalue weighted by Gasteiger charge is 2.57. The Balaban J connectivity index is 2.11. The molecule has 0 aromatic carbocycles. The van der Waals surface area contributed by atoms with Gasteiger partial charge in [0.1, 0.15) is 17.8 Å². The number of rotatable bonds is 0. The summed E-state index contributed by atoms with van der Waals surface area (Å²) in [6, 6.07) is 3.93. The molecule has 0 spiro atoms. The number of ether oxygens (including phenoxy) is 2. The second-order valence-electron chi connectivity index (χ2n) is 4.08. The molecule has 13 heavy (non-hydrogen) atoms. The molecule has 3 rings (SSSR count). The third-order valence-corrected chi connectivity index (χ3v) is 2.64. The Labute approximate surface area is 76.7 Å². The van der Waals surface area contributed by atoms with Crippen molar-refractivity contribution in [2.24, 2.45) is 0 Å². The van der Waals surface area contributed by atoms with Gasteiger partial charge >= 0.3 is 0 Å². The number of pyridine rings is 1. The van der Waals surface area contributed by atoms with Crippen molar-refractivity contribution >= 4 is 0 Å². The molecule has 3 nitrogen and oxygen atoms in total. The minimum Gasteiger partial charge on any atom is -0.468 e. The summed E-state index contributed by atoms with van der Waals surface area (Å²) in [6.45, 7) is 4.07. The van der Waals surface area contributed by atoms with Crippen LogP contribution in [0.1, 0.15) is 25.5 Å². The van der Waals surface area contributed by atoms with E-state index in [2.05, 4.69) is 4.98 Å². The Hall–Kier alpha value is -1.09. The smallest absolute Gasteiger partial charge is 0.219 e. The molecule has 2 aliphatic rings. The van der Waals surface area contributed by atoms with Gasteiger partial charge in [-0.25, -0.2) is 4.98 Å². The van der Waals surface area contributed by atoms with Crippen LogP contribution in [0.2, 0.25) is 0 Å². The average Bonchev–Trinajstić information content (AvgIpc) is 2.83. The van der Waals surface area contributed by atoms with E-state index in [0.29, 0.717) is 0 Å². The summed E-state index contributed by atoms with van der Waals surface area (Å²) in [5, 5.41) is 0. The van der Waals surface area contributed by atoms with E-state index in [-0.39, 0.29) is 17.8 Å².